The van der Waals surface area contributed by atoms with Crippen LogP contribution in [0.5, 0.6) is 5.75 Å². The van der Waals surface area contributed by atoms with E-state index in [1.54, 1.807) is 19.9 Å². The molecule has 0 aliphatic heterocycles. The second kappa shape index (κ2) is 8.29. The van der Waals surface area contributed by atoms with Gasteiger partial charge >= 0.3 is 0 Å². The average Bonchev–Trinajstić information content (AvgIpc) is 2.61. The molecule has 1 atom stereocenters. The van der Waals surface area contributed by atoms with Crippen LogP contribution in [0.25, 0.3) is 0 Å². The van der Waals surface area contributed by atoms with Crippen molar-refractivity contribution in [2.75, 3.05) is 12.4 Å². The number of sulfonamides is 1. The zero-order chi connectivity index (χ0) is 19.3. The van der Waals surface area contributed by atoms with Crippen LogP contribution in [0.3, 0.4) is 0 Å². The van der Waals surface area contributed by atoms with Gasteiger partial charge in [0.1, 0.15) is 17.6 Å². The predicted molar refractivity (Wildman–Crippen MR) is 97.0 cm³/mol. The Morgan fingerprint density at radius 1 is 1.08 bits per heavy atom. The van der Waals surface area contributed by atoms with Gasteiger partial charge in [0.05, 0.1) is 17.7 Å². The van der Waals surface area contributed by atoms with Crippen LogP contribution < -0.4 is 14.8 Å². The van der Waals surface area contributed by atoms with Gasteiger partial charge in [-0.05, 0) is 42.3 Å². The van der Waals surface area contributed by atoms with Crippen molar-refractivity contribution in [3.63, 3.8) is 0 Å². The Kier molecular flexibility index (Phi) is 6.33. The molecule has 0 saturated carbocycles. The largest absolute Gasteiger partial charge is 0.497 e. The lowest BCUT2D eigenvalue weighted by atomic mass is 10.0. The molecular weight excluding hydrogens is 359 g/mol. The maximum absolute atomic E-state index is 13.7. The van der Waals surface area contributed by atoms with E-state index < -0.39 is 27.8 Å². The first kappa shape index (κ1) is 19.9. The highest BCUT2D eigenvalue weighted by Crippen LogP contribution is 2.18. The number of para-hydroxylation sites is 1. The van der Waals surface area contributed by atoms with Gasteiger partial charge in [-0.1, -0.05) is 26.0 Å². The van der Waals surface area contributed by atoms with E-state index >= 15 is 0 Å². The average molecular weight is 380 g/mol. The summed E-state index contributed by atoms with van der Waals surface area (Å²) in [5.41, 5.74) is -0.00760. The van der Waals surface area contributed by atoms with Crippen LogP contribution in [0.2, 0.25) is 0 Å². The van der Waals surface area contributed by atoms with Crippen molar-refractivity contribution in [2.24, 2.45) is 5.92 Å². The zero-order valence-corrected chi connectivity index (χ0v) is 15.5. The van der Waals surface area contributed by atoms with E-state index in [0.29, 0.717) is 5.75 Å². The second-order valence-electron chi connectivity index (χ2n) is 5.99. The summed E-state index contributed by atoms with van der Waals surface area (Å²) in [5, 5.41) is 2.42. The van der Waals surface area contributed by atoms with Gasteiger partial charge in [-0.15, -0.1) is 0 Å². The summed E-state index contributed by atoms with van der Waals surface area (Å²) in [6.45, 7) is 3.39. The van der Waals surface area contributed by atoms with Crippen molar-refractivity contribution >= 4 is 21.6 Å². The Balaban J connectivity index is 2.20. The molecule has 2 aromatic rings. The van der Waals surface area contributed by atoms with Gasteiger partial charge in [-0.2, -0.15) is 4.72 Å². The van der Waals surface area contributed by atoms with Crippen LogP contribution >= 0.6 is 0 Å². The van der Waals surface area contributed by atoms with E-state index in [1.807, 2.05) is 0 Å². The molecule has 6 nitrogen and oxygen atoms in total. The van der Waals surface area contributed by atoms with Gasteiger partial charge in [0.15, 0.2) is 0 Å². The lowest BCUT2D eigenvalue weighted by Gasteiger charge is -2.22. The molecule has 2 rings (SSSR count). The maximum Gasteiger partial charge on any atom is 0.242 e. The van der Waals surface area contributed by atoms with Crippen molar-refractivity contribution in [3.8, 4) is 5.75 Å². The quantitative estimate of drug-likeness (QED) is 0.774. The fourth-order valence-corrected chi connectivity index (χ4v) is 3.60. The van der Waals surface area contributed by atoms with Crippen molar-refractivity contribution in [1.82, 2.24) is 4.72 Å². The highest BCUT2D eigenvalue weighted by atomic mass is 32.2. The molecule has 0 aromatic heterocycles. The van der Waals surface area contributed by atoms with E-state index in [0.717, 1.165) is 0 Å². The summed E-state index contributed by atoms with van der Waals surface area (Å²) in [6, 6.07) is 10.4. The van der Waals surface area contributed by atoms with E-state index in [4.69, 9.17) is 4.74 Å². The summed E-state index contributed by atoms with van der Waals surface area (Å²) in [5.74, 6) is -1.07. The third kappa shape index (κ3) is 4.80. The number of halogens is 1. The van der Waals surface area contributed by atoms with Gasteiger partial charge in [-0.3, -0.25) is 4.79 Å². The second-order valence-corrected chi connectivity index (χ2v) is 7.70. The fraction of sp³-hybridized carbons (Fsp3) is 0.278. The number of benzene rings is 2. The number of amides is 1. The first-order chi connectivity index (χ1) is 12.2. The minimum Gasteiger partial charge on any atom is -0.497 e. The number of carbonyl (C=O) groups excluding carboxylic acids is 1. The van der Waals surface area contributed by atoms with Crippen LogP contribution in [-0.4, -0.2) is 27.5 Å². The molecule has 0 bridgehead atoms. The standard InChI is InChI=1S/C18H21FN2O4S/c1-12(2)17(18(22)20-16-7-5-4-6-15(16)19)21-26(23,24)14-10-8-13(25-3)9-11-14/h4-12,17,21H,1-3H3,(H,20,22). The molecule has 0 radical (unpaired) electrons. The van der Waals surface area contributed by atoms with Crippen molar-refractivity contribution < 1.29 is 22.3 Å². The van der Waals surface area contributed by atoms with Gasteiger partial charge in [0.25, 0.3) is 0 Å². The van der Waals surface area contributed by atoms with Crippen LogP contribution in [0, 0.1) is 11.7 Å². The molecule has 0 heterocycles. The Labute approximate surface area is 152 Å². The fourth-order valence-electron chi connectivity index (χ4n) is 2.26. The summed E-state index contributed by atoms with van der Waals surface area (Å²) in [7, 11) is -2.46. The van der Waals surface area contributed by atoms with E-state index in [-0.39, 0.29) is 16.5 Å². The molecule has 0 spiro atoms. The summed E-state index contributed by atoms with van der Waals surface area (Å²) in [6.07, 6.45) is 0. The lowest BCUT2D eigenvalue weighted by molar-refractivity contribution is -0.118. The third-order valence-electron chi connectivity index (χ3n) is 3.73. The maximum atomic E-state index is 13.7. The smallest absolute Gasteiger partial charge is 0.242 e. The van der Waals surface area contributed by atoms with E-state index in [2.05, 4.69) is 10.0 Å². The number of rotatable bonds is 7. The Morgan fingerprint density at radius 2 is 1.69 bits per heavy atom. The van der Waals surface area contributed by atoms with Gasteiger partial charge in [0.2, 0.25) is 15.9 Å². The number of ether oxygens (including phenoxy) is 1. The van der Waals surface area contributed by atoms with Crippen molar-refractivity contribution in [3.05, 3.63) is 54.3 Å². The Bertz CT molecular complexity index is 867. The number of nitrogens with one attached hydrogen (secondary N) is 2. The van der Waals surface area contributed by atoms with Gasteiger partial charge in [-0.25, -0.2) is 12.8 Å². The SMILES string of the molecule is COc1ccc(S(=O)(=O)NC(C(=O)Nc2ccccc2F)C(C)C)cc1. The Hall–Kier alpha value is -2.45. The number of hydrogen-bond donors (Lipinski definition) is 2. The molecule has 0 saturated heterocycles. The molecule has 2 aromatic carbocycles. The molecule has 0 aliphatic rings. The van der Waals surface area contributed by atoms with Gasteiger partial charge < -0.3 is 10.1 Å². The molecule has 1 unspecified atom stereocenters. The topological polar surface area (TPSA) is 84.5 Å². The highest BCUT2D eigenvalue weighted by molar-refractivity contribution is 7.89. The number of methoxy groups -OCH3 is 1. The van der Waals surface area contributed by atoms with Gasteiger partial charge in [0, 0.05) is 0 Å². The molecule has 140 valence electrons. The van der Waals surface area contributed by atoms with Crippen LogP contribution in [0.15, 0.2) is 53.4 Å². The molecule has 2 N–H and O–H groups in total. The first-order valence-electron chi connectivity index (χ1n) is 7.96. The van der Waals surface area contributed by atoms with E-state index in [1.165, 1.54) is 49.6 Å². The molecule has 8 heteroatoms. The normalized spacial score (nSPS) is 12.7. The van der Waals surface area contributed by atoms with Crippen LogP contribution in [0.1, 0.15) is 13.8 Å². The van der Waals surface area contributed by atoms with E-state index in [9.17, 15) is 17.6 Å². The first-order valence-corrected chi connectivity index (χ1v) is 9.44. The molecular formula is C18H21FN2O4S. The minimum atomic E-state index is -3.94. The number of anilines is 1. The monoisotopic (exact) mass is 380 g/mol. The number of carbonyl (C=O) groups is 1. The summed E-state index contributed by atoms with van der Waals surface area (Å²) < 4.78 is 46.2. The molecule has 1 amide bonds. The number of hydrogen-bond acceptors (Lipinski definition) is 4. The highest BCUT2D eigenvalue weighted by Gasteiger charge is 2.28. The summed E-state index contributed by atoms with van der Waals surface area (Å²) >= 11 is 0. The van der Waals surface area contributed by atoms with Crippen molar-refractivity contribution in [1.29, 1.82) is 0 Å². The Morgan fingerprint density at radius 3 is 2.23 bits per heavy atom. The summed E-state index contributed by atoms with van der Waals surface area (Å²) in [4.78, 5) is 12.5. The molecule has 0 fully saturated rings. The molecule has 26 heavy (non-hydrogen) atoms. The zero-order valence-electron chi connectivity index (χ0n) is 14.7. The molecule has 0 aliphatic carbocycles. The van der Waals surface area contributed by atoms with Crippen molar-refractivity contribution in [2.45, 2.75) is 24.8 Å². The predicted octanol–water partition coefficient (Wildman–Crippen LogP) is 2.78. The lowest BCUT2D eigenvalue weighted by Crippen LogP contribution is -2.47. The third-order valence-corrected chi connectivity index (χ3v) is 5.19. The van der Waals surface area contributed by atoms with Crippen LogP contribution in [-0.2, 0) is 14.8 Å². The van der Waals surface area contributed by atoms with Crippen LogP contribution in [0.4, 0.5) is 10.1 Å². The minimum absolute atomic E-state index is 0.00245.